The molecule has 1 aromatic heterocycles. The minimum Gasteiger partial charge on any atom is -0.340 e. The number of rotatable bonds is 4. The summed E-state index contributed by atoms with van der Waals surface area (Å²) >= 11 is 0. The highest BCUT2D eigenvalue weighted by Crippen LogP contribution is 2.24. The van der Waals surface area contributed by atoms with Crippen molar-refractivity contribution in [3.8, 4) is 11.1 Å². The number of anilines is 2. The smallest absolute Gasteiger partial charge is 0.229 e. The average molecular weight is 372 g/mol. The Labute approximate surface area is 165 Å². The topological polar surface area (TPSA) is 58.1 Å². The second-order valence-corrected chi connectivity index (χ2v) is 7.28. The fraction of sp³-hybridized carbons (Fsp3) is 0.261. The molecule has 5 nitrogen and oxygen atoms in total. The van der Waals surface area contributed by atoms with E-state index in [1.165, 1.54) is 0 Å². The lowest BCUT2D eigenvalue weighted by atomic mass is 9.97. The number of piperidine rings is 1. The molecular formula is C23H24N4O. The molecule has 0 saturated carbocycles. The Hall–Kier alpha value is -3.21. The number of nitrogens with one attached hydrogen (secondary N) is 1. The van der Waals surface area contributed by atoms with Gasteiger partial charge in [0.2, 0.25) is 11.9 Å². The lowest BCUT2D eigenvalue weighted by molar-refractivity contribution is -0.120. The second kappa shape index (κ2) is 8.21. The van der Waals surface area contributed by atoms with Gasteiger partial charge in [0.25, 0.3) is 0 Å². The van der Waals surface area contributed by atoms with E-state index in [4.69, 9.17) is 0 Å². The molecule has 1 N–H and O–H groups in total. The van der Waals surface area contributed by atoms with Gasteiger partial charge in [-0.3, -0.25) is 4.79 Å². The molecule has 0 spiro atoms. The van der Waals surface area contributed by atoms with Gasteiger partial charge in [-0.25, -0.2) is 9.97 Å². The van der Waals surface area contributed by atoms with E-state index in [1.807, 2.05) is 73.9 Å². The molecule has 0 radical (unpaired) electrons. The first kappa shape index (κ1) is 18.2. The van der Waals surface area contributed by atoms with E-state index in [0.717, 1.165) is 41.8 Å². The summed E-state index contributed by atoms with van der Waals surface area (Å²) in [6.07, 6.45) is 5.55. The maximum absolute atomic E-state index is 12.7. The normalized spacial score (nSPS) is 16.6. The van der Waals surface area contributed by atoms with Crippen molar-refractivity contribution in [2.24, 2.45) is 5.92 Å². The van der Waals surface area contributed by atoms with Crippen LogP contribution in [-0.2, 0) is 4.79 Å². The van der Waals surface area contributed by atoms with Gasteiger partial charge in [-0.2, -0.15) is 0 Å². The summed E-state index contributed by atoms with van der Waals surface area (Å²) in [5.41, 5.74) is 4.08. The Morgan fingerprint density at radius 1 is 1.04 bits per heavy atom. The number of nitrogens with zero attached hydrogens (tertiary/aromatic N) is 3. The predicted molar refractivity (Wildman–Crippen MR) is 112 cm³/mol. The molecule has 142 valence electrons. The van der Waals surface area contributed by atoms with Crippen LogP contribution in [-0.4, -0.2) is 29.0 Å². The van der Waals surface area contributed by atoms with Crippen LogP contribution in [0.4, 0.5) is 11.6 Å². The van der Waals surface area contributed by atoms with E-state index in [2.05, 4.69) is 20.2 Å². The minimum atomic E-state index is -0.0633. The predicted octanol–water partition coefficient (Wildman–Crippen LogP) is 4.31. The summed E-state index contributed by atoms with van der Waals surface area (Å²) in [5.74, 6) is 0.690. The van der Waals surface area contributed by atoms with Crippen molar-refractivity contribution in [2.75, 3.05) is 23.3 Å². The number of carbonyl (C=O) groups is 1. The number of aromatic nitrogens is 2. The Balaban J connectivity index is 1.42. The number of benzene rings is 2. The molecule has 0 unspecified atom stereocenters. The molecule has 28 heavy (non-hydrogen) atoms. The van der Waals surface area contributed by atoms with Crippen LogP contribution in [0, 0.1) is 12.8 Å². The fourth-order valence-corrected chi connectivity index (χ4v) is 3.60. The lowest BCUT2D eigenvalue weighted by Crippen LogP contribution is -2.41. The molecule has 3 aromatic rings. The first-order chi connectivity index (χ1) is 13.7. The molecule has 1 aliphatic rings. The van der Waals surface area contributed by atoms with E-state index in [-0.39, 0.29) is 11.8 Å². The van der Waals surface area contributed by atoms with Crippen LogP contribution < -0.4 is 10.2 Å². The number of aryl methyl sites for hydroxylation is 1. The van der Waals surface area contributed by atoms with Crippen molar-refractivity contribution >= 4 is 17.5 Å². The molecule has 2 heterocycles. The highest BCUT2D eigenvalue weighted by atomic mass is 16.1. The van der Waals surface area contributed by atoms with Gasteiger partial charge in [-0.15, -0.1) is 0 Å². The number of hydrogen-bond acceptors (Lipinski definition) is 4. The van der Waals surface area contributed by atoms with Gasteiger partial charge in [0.05, 0.1) is 5.92 Å². The van der Waals surface area contributed by atoms with Crippen LogP contribution in [0.1, 0.15) is 18.4 Å². The van der Waals surface area contributed by atoms with E-state index >= 15 is 0 Å². The molecular weight excluding hydrogens is 348 g/mol. The Morgan fingerprint density at radius 2 is 1.82 bits per heavy atom. The van der Waals surface area contributed by atoms with Crippen LogP contribution >= 0.6 is 0 Å². The van der Waals surface area contributed by atoms with E-state index in [0.29, 0.717) is 12.5 Å². The lowest BCUT2D eigenvalue weighted by Gasteiger charge is -2.32. The highest BCUT2D eigenvalue weighted by molar-refractivity contribution is 5.93. The van der Waals surface area contributed by atoms with Crippen molar-refractivity contribution in [1.82, 2.24) is 9.97 Å². The summed E-state index contributed by atoms with van der Waals surface area (Å²) in [7, 11) is 0. The molecule has 0 bridgehead atoms. The van der Waals surface area contributed by atoms with Gasteiger partial charge in [-0.1, -0.05) is 42.5 Å². The van der Waals surface area contributed by atoms with Crippen molar-refractivity contribution in [2.45, 2.75) is 19.8 Å². The van der Waals surface area contributed by atoms with Crippen molar-refractivity contribution in [3.05, 3.63) is 72.6 Å². The van der Waals surface area contributed by atoms with Gasteiger partial charge in [-0.05, 0) is 43.0 Å². The number of hydrogen-bond donors (Lipinski definition) is 1. The maximum atomic E-state index is 12.7. The summed E-state index contributed by atoms with van der Waals surface area (Å²) in [6.45, 7) is 3.54. The van der Waals surface area contributed by atoms with Gasteiger partial charge in [0, 0.05) is 36.7 Å². The average Bonchev–Trinajstić information content (AvgIpc) is 2.75. The minimum absolute atomic E-state index is 0.0633. The van der Waals surface area contributed by atoms with Gasteiger partial charge in [0.15, 0.2) is 0 Å². The standard InChI is InChI=1S/C23H24N4O/c1-17-7-5-11-21(13-17)26-22(28)19-10-6-12-27(16-19)23-24-14-20(15-25-23)18-8-3-2-4-9-18/h2-5,7-9,11,13-15,19H,6,10,12,16H2,1H3,(H,26,28)/t19-/m1/s1. The second-order valence-electron chi connectivity index (χ2n) is 7.28. The summed E-state index contributed by atoms with van der Waals surface area (Å²) in [6, 6.07) is 18.0. The molecule has 2 aromatic carbocycles. The zero-order valence-electron chi connectivity index (χ0n) is 16.0. The quantitative estimate of drug-likeness (QED) is 0.741. The van der Waals surface area contributed by atoms with Gasteiger partial charge >= 0.3 is 0 Å². The molecule has 0 aliphatic carbocycles. The first-order valence-electron chi connectivity index (χ1n) is 9.69. The largest absolute Gasteiger partial charge is 0.340 e. The first-order valence-corrected chi connectivity index (χ1v) is 9.69. The third kappa shape index (κ3) is 4.19. The van der Waals surface area contributed by atoms with Crippen LogP contribution in [0.25, 0.3) is 11.1 Å². The molecule has 1 atom stereocenters. The SMILES string of the molecule is Cc1cccc(NC(=O)[C@@H]2CCCN(c3ncc(-c4ccccc4)cn3)C2)c1. The monoisotopic (exact) mass is 372 g/mol. The highest BCUT2D eigenvalue weighted by Gasteiger charge is 2.27. The molecule has 1 amide bonds. The van der Waals surface area contributed by atoms with Crippen molar-refractivity contribution in [1.29, 1.82) is 0 Å². The van der Waals surface area contributed by atoms with Crippen molar-refractivity contribution < 1.29 is 4.79 Å². The number of carbonyl (C=O) groups excluding carboxylic acids is 1. The fourth-order valence-electron chi connectivity index (χ4n) is 3.60. The third-order valence-corrected chi connectivity index (χ3v) is 5.11. The third-order valence-electron chi connectivity index (χ3n) is 5.11. The molecule has 1 saturated heterocycles. The van der Waals surface area contributed by atoms with Crippen LogP contribution in [0.3, 0.4) is 0 Å². The van der Waals surface area contributed by atoms with Crippen LogP contribution in [0.2, 0.25) is 0 Å². The summed E-state index contributed by atoms with van der Waals surface area (Å²) < 4.78 is 0. The zero-order valence-corrected chi connectivity index (χ0v) is 16.0. The van der Waals surface area contributed by atoms with Crippen molar-refractivity contribution in [3.63, 3.8) is 0 Å². The summed E-state index contributed by atoms with van der Waals surface area (Å²) in [4.78, 5) is 23.9. The Morgan fingerprint density at radius 3 is 2.57 bits per heavy atom. The van der Waals surface area contributed by atoms with Crippen LogP contribution in [0.15, 0.2) is 67.0 Å². The molecule has 5 heteroatoms. The van der Waals surface area contributed by atoms with Crippen LogP contribution in [0.5, 0.6) is 0 Å². The van der Waals surface area contributed by atoms with E-state index < -0.39 is 0 Å². The number of amides is 1. The molecule has 1 fully saturated rings. The van der Waals surface area contributed by atoms with E-state index in [9.17, 15) is 4.79 Å². The Bertz CT molecular complexity index is 940. The van der Waals surface area contributed by atoms with E-state index in [1.54, 1.807) is 0 Å². The zero-order chi connectivity index (χ0) is 19.3. The maximum Gasteiger partial charge on any atom is 0.229 e. The van der Waals surface area contributed by atoms with Gasteiger partial charge in [0.1, 0.15) is 0 Å². The molecule has 1 aliphatic heterocycles. The summed E-state index contributed by atoms with van der Waals surface area (Å²) in [5, 5.41) is 3.05. The molecule has 4 rings (SSSR count). The van der Waals surface area contributed by atoms with Gasteiger partial charge < -0.3 is 10.2 Å². The Kier molecular flexibility index (Phi) is 5.33.